The zero-order valence-electron chi connectivity index (χ0n) is 20.4. The van der Waals surface area contributed by atoms with E-state index in [-0.39, 0.29) is 11.8 Å². The van der Waals surface area contributed by atoms with E-state index < -0.39 is 6.04 Å². The van der Waals surface area contributed by atoms with E-state index in [1.165, 1.54) is 0 Å². The second-order valence-electron chi connectivity index (χ2n) is 8.56. The zero-order chi connectivity index (χ0) is 25.0. The van der Waals surface area contributed by atoms with Gasteiger partial charge < -0.3 is 10.2 Å². The molecule has 3 aromatic carbocycles. The second kappa shape index (κ2) is 14.1. The molecule has 0 fully saturated rings. The summed E-state index contributed by atoms with van der Waals surface area (Å²) in [5.74, 6) is 0.926. The third-order valence-electron chi connectivity index (χ3n) is 5.83. The zero-order valence-corrected chi connectivity index (χ0v) is 22.8. The molecule has 3 aromatic rings. The molecule has 0 bridgehead atoms. The quantitative estimate of drug-likeness (QED) is 0.293. The number of hydrogen-bond donors (Lipinski definition) is 1. The van der Waals surface area contributed by atoms with Crippen LogP contribution < -0.4 is 5.32 Å². The molecule has 4 nitrogen and oxygen atoms in total. The van der Waals surface area contributed by atoms with Gasteiger partial charge in [-0.05, 0) is 47.7 Å². The molecule has 3 rings (SSSR count). The van der Waals surface area contributed by atoms with Crippen molar-refractivity contribution in [3.63, 3.8) is 0 Å². The molecule has 0 aliphatic rings. The first-order valence-corrected chi connectivity index (χ1v) is 13.9. The van der Waals surface area contributed by atoms with E-state index >= 15 is 0 Å². The molecular formula is C29H33BrN2O2S. The lowest BCUT2D eigenvalue weighted by Gasteiger charge is -2.32. The Kier molecular flexibility index (Phi) is 10.9. The highest BCUT2D eigenvalue weighted by Gasteiger charge is 2.30. The molecule has 1 N–H and O–H groups in total. The van der Waals surface area contributed by atoms with Crippen LogP contribution in [0.15, 0.2) is 83.3 Å². The van der Waals surface area contributed by atoms with Crippen LogP contribution in [-0.2, 0) is 28.3 Å². The lowest BCUT2D eigenvalue weighted by atomic mass is 10.0. The first kappa shape index (κ1) is 27.0. The monoisotopic (exact) mass is 552 g/mol. The maximum absolute atomic E-state index is 13.6. The van der Waals surface area contributed by atoms with Crippen LogP contribution >= 0.6 is 27.7 Å². The van der Waals surface area contributed by atoms with Gasteiger partial charge in [0.2, 0.25) is 11.8 Å². The predicted molar refractivity (Wildman–Crippen MR) is 149 cm³/mol. The fourth-order valence-corrected chi connectivity index (χ4v) is 4.95. The van der Waals surface area contributed by atoms with Crippen molar-refractivity contribution in [2.24, 2.45) is 0 Å². The highest BCUT2D eigenvalue weighted by Crippen LogP contribution is 2.20. The van der Waals surface area contributed by atoms with Gasteiger partial charge in [-0.25, -0.2) is 0 Å². The number of carbonyl (C=O) groups excluding carboxylic acids is 2. The molecule has 0 aliphatic carbocycles. The Labute approximate surface area is 221 Å². The second-order valence-corrected chi connectivity index (χ2v) is 10.5. The molecule has 0 spiro atoms. The molecule has 6 heteroatoms. The molecular weight excluding hydrogens is 520 g/mol. The summed E-state index contributed by atoms with van der Waals surface area (Å²) in [7, 11) is 0. The number of hydrogen-bond acceptors (Lipinski definition) is 3. The number of benzene rings is 3. The minimum absolute atomic E-state index is 0.0251. The smallest absolute Gasteiger partial charge is 0.243 e. The standard InChI is InChI=1S/C29H33BrN2O2S/c1-3-17-31-29(34)27(18-23-10-5-4-6-11-23)32(19-25-12-8-7-9-22(25)2)28(33)21-35-20-24-13-15-26(30)16-14-24/h4-16,27H,3,17-21H2,1-2H3,(H,31,34)/t27-/m0/s1. The van der Waals surface area contributed by atoms with Crippen LogP contribution in [0.3, 0.4) is 0 Å². The number of carbonyl (C=O) groups is 2. The van der Waals surface area contributed by atoms with Gasteiger partial charge in [-0.15, -0.1) is 11.8 Å². The Bertz CT molecular complexity index is 1090. The fourth-order valence-electron chi connectivity index (χ4n) is 3.81. The number of rotatable bonds is 12. The van der Waals surface area contributed by atoms with E-state index in [1.807, 2.05) is 80.6 Å². The molecule has 0 aromatic heterocycles. The van der Waals surface area contributed by atoms with Crippen LogP contribution in [-0.4, -0.2) is 35.1 Å². The van der Waals surface area contributed by atoms with Gasteiger partial charge in [0.25, 0.3) is 0 Å². The van der Waals surface area contributed by atoms with Crippen LogP contribution in [0.4, 0.5) is 0 Å². The lowest BCUT2D eigenvalue weighted by molar-refractivity contribution is -0.139. The van der Waals surface area contributed by atoms with E-state index in [0.29, 0.717) is 25.3 Å². The molecule has 0 saturated heterocycles. The van der Waals surface area contributed by atoms with Crippen LogP contribution in [0.5, 0.6) is 0 Å². The van der Waals surface area contributed by atoms with Gasteiger partial charge in [-0.1, -0.05) is 89.6 Å². The Balaban J connectivity index is 1.83. The number of amides is 2. The summed E-state index contributed by atoms with van der Waals surface area (Å²) in [6.45, 7) is 5.07. The third-order valence-corrected chi connectivity index (χ3v) is 7.35. The summed E-state index contributed by atoms with van der Waals surface area (Å²) in [4.78, 5) is 28.7. The Hall–Kier alpha value is -2.57. The maximum Gasteiger partial charge on any atom is 0.243 e. The van der Waals surface area contributed by atoms with Crippen molar-refractivity contribution >= 4 is 39.5 Å². The normalized spacial score (nSPS) is 11.6. The van der Waals surface area contributed by atoms with Crippen molar-refractivity contribution < 1.29 is 9.59 Å². The van der Waals surface area contributed by atoms with E-state index in [1.54, 1.807) is 16.7 Å². The van der Waals surface area contributed by atoms with Gasteiger partial charge in [0.15, 0.2) is 0 Å². The number of thioether (sulfide) groups is 1. The maximum atomic E-state index is 13.6. The summed E-state index contributed by atoms with van der Waals surface area (Å²) in [5.41, 5.74) is 4.37. The van der Waals surface area contributed by atoms with Crippen LogP contribution in [0.25, 0.3) is 0 Å². The number of aryl methyl sites for hydroxylation is 1. The molecule has 0 heterocycles. The molecule has 35 heavy (non-hydrogen) atoms. The molecule has 1 atom stereocenters. The predicted octanol–water partition coefficient (Wildman–Crippen LogP) is 6.16. The summed E-state index contributed by atoms with van der Waals surface area (Å²) >= 11 is 5.04. The highest BCUT2D eigenvalue weighted by atomic mass is 79.9. The SMILES string of the molecule is CCCNC(=O)[C@H](Cc1ccccc1)N(Cc1ccccc1C)C(=O)CSCc1ccc(Br)cc1. The van der Waals surface area contributed by atoms with Crippen molar-refractivity contribution in [3.05, 3.63) is 106 Å². The minimum Gasteiger partial charge on any atom is -0.354 e. The van der Waals surface area contributed by atoms with Crippen molar-refractivity contribution in [1.29, 1.82) is 0 Å². The van der Waals surface area contributed by atoms with Crippen molar-refractivity contribution in [2.75, 3.05) is 12.3 Å². The summed E-state index contributed by atoms with van der Waals surface area (Å²) in [5, 5.41) is 3.03. The summed E-state index contributed by atoms with van der Waals surface area (Å²) < 4.78 is 1.04. The first-order chi connectivity index (χ1) is 17.0. The van der Waals surface area contributed by atoms with Crippen molar-refractivity contribution in [2.45, 2.75) is 45.0 Å². The topological polar surface area (TPSA) is 49.4 Å². The average Bonchev–Trinajstić information content (AvgIpc) is 2.87. The Morgan fingerprint density at radius 1 is 0.943 bits per heavy atom. The van der Waals surface area contributed by atoms with Gasteiger partial charge in [-0.2, -0.15) is 0 Å². The molecule has 2 amide bonds. The number of halogens is 1. The van der Waals surface area contributed by atoms with Gasteiger partial charge in [0.1, 0.15) is 6.04 Å². The largest absolute Gasteiger partial charge is 0.354 e. The van der Waals surface area contributed by atoms with Gasteiger partial charge in [0, 0.05) is 29.7 Å². The fraction of sp³-hybridized carbons (Fsp3) is 0.310. The Morgan fingerprint density at radius 3 is 2.31 bits per heavy atom. The molecule has 0 unspecified atom stereocenters. The number of nitrogens with one attached hydrogen (secondary N) is 1. The van der Waals surface area contributed by atoms with Crippen LogP contribution in [0.1, 0.15) is 35.6 Å². The van der Waals surface area contributed by atoms with E-state index in [4.69, 9.17) is 0 Å². The average molecular weight is 554 g/mol. The minimum atomic E-state index is -0.579. The number of nitrogens with zero attached hydrogens (tertiary/aromatic N) is 1. The highest BCUT2D eigenvalue weighted by molar-refractivity contribution is 9.10. The molecule has 0 aliphatic heterocycles. The molecule has 184 valence electrons. The van der Waals surface area contributed by atoms with Crippen LogP contribution in [0, 0.1) is 6.92 Å². The van der Waals surface area contributed by atoms with Crippen LogP contribution in [0.2, 0.25) is 0 Å². The van der Waals surface area contributed by atoms with Gasteiger partial charge >= 0.3 is 0 Å². The summed E-state index contributed by atoms with van der Waals surface area (Å²) in [6.07, 6.45) is 1.32. The van der Waals surface area contributed by atoms with Gasteiger partial charge in [-0.3, -0.25) is 9.59 Å². The first-order valence-electron chi connectivity index (χ1n) is 12.0. The van der Waals surface area contributed by atoms with Gasteiger partial charge in [0.05, 0.1) is 5.75 Å². The van der Waals surface area contributed by atoms with E-state index in [2.05, 4.69) is 33.4 Å². The molecule has 0 saturated carbocycles. The Morgan fingerprint density at radius 2 is 1.63 bits per heavy atom. The van der Waals surface area contributed by atoms with Crippen molar-refractivity contribution in [3.8, 4) is 0 Å². The summed E-state index contributed by atoms with van der Waals surface area (Å²) in [6, 6.07) is 25.5. The third kappa shape index (κ3) is 8.55. The van der Waals surface area contributed by atoms with E-state index in [0.717, 1.165) is 38.9 Å². The van der Waals surface area contributed by atoms with E-state index in [9.17, 15) is 9.59 Å². The lowest BCUT2D eigenvalue weighted by Crippen LogP contribution is -2.51. The molecule has 0 radical (unpaired) electrons. The van der Waals surface area contributed by atoms with Crippen molar-refractivity contribution in [1.82, 2.24) is 10.2 Å².